The third kappa shape index (κ3) is 2.22. The van der Waals surface area contributed by atoms with Crippen LogP contribution in [0.5, 0.6) is 0 Å². The number of hydrogen-bond donors (Lipinski definition) is 2. The molecule has 0 spiro atoms. The average Bonchev–Trinajstić information content (AvgIpc) is 2.89. The number of benzene rings is 1. The summed E-state index contributed by atoms with van der Waals surface area (Å²) in [6, 6.07) is 9.92. The molecule has 0 saturated heterocycles. The minimum absolute atomic E-state index is 0.147. The van der Waals surface area contributed by atoms with Crippen LogP contribution in [0.4, 0.5) is 11.5 Å². The molecule has 5 heteroatoms. The zero-order chi connectivity index (χ0) is 13.2. The Labute approximate surface area is 111 Å². The Kier molecular flexibility index (Phi) is 2.79. The first-order valence-electron chi connectivity index (χ1n) is 6.14. The van der Waals surface area contributed by atoms with Crippen molar-refractivity contribution in [2.24, 2.45) is 0 Å². The van der Waals surface area contributed by atoms with Crippen LogP contribution < -0.4 is 11.1 Å². The molecule has 0 radical (unpaired) electrons. The summed E-state index contributed by atoms with van der Waals surface area (Å²) in [5, 5.41) is 7.59. The Morgan fingerprint density at radius 3 is 2.74 bits per heavy atom. The number of aromatic nitrogens is 3. The molecule has 0 amide bonds. The van der Waals surface area contributed by atoms with Crippen molar-refractivity contribution in [3.63, 3.8) is 0 Å². The standard InChI is InChI=1S/C14H15N5/c1-10(11-2-4-12(15)5-3-11)18-14-13-6-7-17-19(13)9-8-16-14/h2-10H,15H2,1H3,(H,16,18). The van der Waals surface area contributed by atoms with Gasteiger partial charge >= 0.3 is 0 Å². The molecule has 2 heterocycles. The van der Waals surface area contributed by atoms with E-state index >= 15 is 0 Å². The van der Waals surface area contributed by atoms with Crippen LogP contribution in [0.3, 0.4) is 0 Å². The first-order valence-corrected chi connectivity index (χ1v) is 6.14. The van der Waals surface area contributed by atoms with Gasteiger partial charge in [-0.1, -0.05) is 12.1 Å². The van der Waals surface area contributed by atoms with Gasteiger partial charge in [-0.25, -0.2) is 9.50 Å². The van der Waals surface area contributed by atoms with Crippen LogP contribution in [-0.4, -0.2) is 14.6 Å². The summed E-state index contributed by atoms with van der Waals surface area (Å²) in [5.41, 5.74) is 8.59. The van der Waals surface area contributed by atoms with Crippen molar-refractivity contribution in [3.05, 3.63) is 54.5 Å². The largest absolute Gasteiger partial charge is 0.399 e. The predicted molar refractivity (Wildman–Crippen MR) is 75.9 cm³/mol. The lowest BCUT2D eigenvalue weighted by Gasteiger charge is -2.15. The molecule has 0 aliphatic heterocycles. The van der Waals surface area contributed by atoms with Crippen molar-refractivity contribution >= 4 is 17.0 Å². The van der Waals surface area contributed by atoms with Gasteiger partial charge in [0.2, 0.25) is 0 Å². The molecule has 5 nitrogen and oxygen atoms in total. The number of fused-ring (bicyclic) bond motifs is 1. The van der Waals surface area contributed by atoms with Crippen LogP contribution in [-0.2, 0) is 0 Å². The van der Waals surface area contributed by atoms with Crippen molar-refractivity contribution in [3.8, 4) is 0 Å². The van der Waals surface area contributed by atoms with Crippen LogP contribution in [0, 0.1) is 0 Å². The molecule has 0 aliphatic rings. The summed E-state index contributed by atoms with van der Waals surface area (Å²) in [6.07, 6.45) is 5.32. The lowest BCUT2D eigenvalue weighted by atomic mass is 10.1. The Morgan fingerprint density at radius 1 is 1.16 bits per heavy atom. The highest BCUT2D eigenvalue weighted by Crippen LogP contribution is 2.21. The predicted octanol–water partition coefficient (Wildman–Crippen LogP) is 2.48. The maximum atomic E-state index is 5.70. The van der Waals surface area contributed by atoms with Gasteiger partial charge in [0, 0.05) is 18.1 Å². The third-order valence-electron chi connectivity index (χ3n) is 3.11. The molecular formula is C14H15N5. The van der Waals surface area contributed by atoms with Gasteiger partial charge in [-0.15, -0.1) is 0 Å². The van der Waals surface area contributed by atoms with E-state index in [1.54, 1.807) is 16.9 Å². The summed E-state index contributed by atoms with van der Waals surface area (Å²) in [4.78, 5) is 4.37. The van der Waals surface area contributed by atoms with Crippen molar-refractivity contribution < 1.29 is 0 Å². The van der Waals surface area contributed by atoms with Crippen LogP contribution >= 0.6 is 0 Å². The van der Waals surface area contributed by atoms with Gasteiger partial charge in [0.1, 0.15) is 5.52 Å². The number of rotatable bonds is 3. The van der Waals surface area contributed by atoms with Crippen molar-refractivity contribution in [2.45, 2.75) is 13.0 Å². The molecule has 0 aliphatic carbocycles. The van der Waals surface area contributed by atoms with Gasteiger partial charge in [0.25, 0.3) is 0 Å². The molecule has 3 N–H and O–H groups in total. The van der Waals surface area contributed by atoms with E-state index in [4.69, 9.17) is 5.73 Å². The molecule has 1 aromatic carbocycles. The van der Waals surface area contributed by atoms with E-state index in [0.29, 0.717) is 0 Å². The van der Waals surface area contributed by atoms with Gasteiger partial charge in [-0.3, -0.25) is 0 Å². The van der Waals surface area contributed by atoms with Crippen LogP contribution in [0.1, 0.15) is 18.5 Å². The molecule has 96 valence electrons. The third-order valence-corrected chi connectivity index (χ3v) is 3.11. The molecule has 0 bridgehead atoms. The summed E-state index contributed by atoms with van der Waals surface area (Å²) in [6.45, 7) is 2.09. The average molecular weight is 253 g/mol. The zero-order valence-electron chi connectivity index (χ0n) is 10.6. The summed E-state index contributed by atoms with van der Waals surface area (Å²) < 4.78 is 1.80. The number of nitrogens with one attached hydrogen (secondary N) is 1. The normalized spacial score (nSPS) is 12.5. The number of nitrogens with zero attached hydrogens (tertiary/aromatic N) is 3. The Morgan fingerprint density at radius 2 is 1.95 bits per heavy atom. The second kappa shape index (κ2) is 4.61. The fourth-order valence-electron chi connectivity index (χ4n) is 2.04. The van der Waals surface area contributed by atoms with E-state index in [-0.39, 0.29) is 6.04 Å². The van der Waals surface area contributed by atoms with Crippen LogP contribution in [0.15, 0.2) is 48.9 Å². The van der Waals surface area contributed by atoms with Crippen molar-refractivity contribution in [1.29, 1.82) is 0 Å². The minimum atomic E-state index is 0.147. The van der Waals surface area contributed by atoms with Gasteiger partial charge in [0.05, 0.1) is 12.2 Å². The summed E-state index contributed by atoms with van der Waals surface area (Å²) >= 11 is 0. The molecule has 2 aromatic heterocycles. The number of anilines is 2. The topological polar surface area (TPSA) is 68.2 Å². The van der Waals surface area contributed by atoms with E-state index in [1.807, 2.05) is 36.5 Å². The number of nitrogens with two attached hydrogens (primary N) is 1. The fraction of sp³-hybridized carbons (Fsp3) is 0.143. The van der Waals surface area contributed by atoms with E-state index in [0.717, 1.165) is 22.6 Å². The highest BCUT2D eigenvalue weighted by atomic mass is 15.2. The molecule has 0 saturated carbocycles. The van der Waals surface area contributed by atoms with Crippen LogP contribution in [0.25, 0.3) is 5.52 Å². The lowest BCUT2D eigenvalue weighted by molar-refractivity contribution is 0.867. The molecular weight excluding hydrogens is 238 g/mol. The molecule has 1 atom stereocenters. The van der Waals surface area contributed by atoms with Gasteiger partial charge < -0.3 is 11.1 Å². The van der Waals surface area contributed by atoms with Gasteiger partial charge in [-0.2, -0.15) is 5.10 Å². The second-order valence-corrected chi connectivity index (χ2v) is 4.47. The molecule has 1 unspecified atom stereocenters. The van der Waals surface area contributed by atoms with E-state index in [1.165, 1.54) is 0 Å². The molecule has 19 heavy (non-hydrogen) atoms. The first kappa shape index (κ1) is 11.5. The highest BCUT2D eigenvalue weighted by molar-refractivity contribution is 5.67. The lowest BCUT2D eigenvalue weighted by Crippen LogP contribution is -2.09. The number of hydrogen-bond acceptors (Lipinski definition) is 4. The molecule has 3 rings (SSSR count). The minimum Gasteiger partial charge on any atom is -0.399 e. The highest BCUT2D eigenvalue weighted by Gasteiger charge is 2.08. The quantitative estimate of drug-likeness (QED) is 0.704. The summed E-state index contributed by atoms with van der Waals surface area (Å²) in [5.74, 6) is 0.823. The SMILES string of the molecule is CC(Nc1nccn2nccc12)c1ccc(N)cc1. The maximum Gasteiger partial charge on any atom is 0.152 e. The number of nitrogen functional groups attached to an aromatic ring is 1. The van der Waals surface area contributed by atoms with Crippen molar-refractivity contribution in [2.75, 3.05) is 11.1 Å². The Hall–Kier alpha value is -2.56. The van der Waals surface area contributed by atoms with Gasteiger partial charge in [0.15, 0.2) is 5.82 Å². The maximum absolute atomic E-state index is 5.70. The monoisotopic (exact) mass is 253 g/mol. The molecule has 3 aromatic rings. The van der Waals surface area contributed by atoms with Gasteiger partial charge in [-0.05, 0) is 30.7 Å². The Balaban J connectivity index is 1.88. The second-order valence-electron chi connectivity index (χ2n) is 4.47. The van der Waals surface area contributed by atoms with Crippen LogP contribution in [0.2, 0.25) is 0 Å². The van der Waals surface area contributed by atoms with E-state index in [9.17, 15) is 0 Å². The fourth-order valence-corrected chi connectivity index (χ4v) is 2.04. The smallest absolute Gasteiger partial charge is 0.152 e. The zero-order valence-corrected chi connectivity index (χ0v) is 10.6. The van der Waals surface area contributed by atoms with E-state index < -0.39 is 0 Å². The van der Waals surface area contributed by atoms with Crippen molar-refractivity contribution in [1.82, 2.24) is 14.6 Å². The molecule has 0 fully saturated rings. The first-order chi connectivity index (χ1) is 9.24. The van der Waals surface area contributed by atoms with E-state index in [2.05, 4.69) is 22.3 Å². The summed E-state index contributed by atoms with van der Waals surface area (Å²) in [7, 11) is 0. The Bertz CT molecular complexity index is 686.